The van der Waals surface area contributed by atoms with Gasteiger partial charge in [0.1, 0.15) is 6.54 Å². The summed E-state index contributed by atoms with van der Waals surface area (Å²) in [6.45, 7) is 3.07. The average Bonchev–Trinajstić information content (AvgIpc) is 2.69. The number of aryl methyl sites for hydroxylation is 1. The van der Waals surface area contributed by atoms with E-state index in [4.69, 9.17) is 5.11 Å². The molecular formula is C21H30N2O5. The van der Waals surface area contributed by atoms with Gasteiger partial charge in [0.15, 0.2) is 5.78 Å². The van der Waals surface area contributed by atoms with Crippen molar-refractivity contribution in [3.05, 3.63) is 35.9 Å². The molecule has 0 radical (unpaired) electrons. The fraction of sp³-hybridized carbons (Fsp3) is 0.524. The summed E-state index contributed by atoms with van der Waals surface area (Å²) in [5, 5.41) is 11.2. The summed E-state index contributed by atoms with van der Waals surface area (Å²) < 4.78 is 0. The average molecular weight is 390 g/mol. The molecule has 0 saturated carbocycles. The highest BCUT2D eigenvalue weighted by Crippen LogP contribution is 2.18. The second-order valence-corrected chi connectivity index (χ2v) is 6.79. The van der Waals surface area contributed by atoms with Gasteiger partial charge in [-0.3, -0.25) is 19.2 Å². The molecule has 0 bridgehead atoms. The number of hydrogen-bond donors (Lipinski definition) is 2. The molecule has 2 N–H and O–H groups in total. The Morgan fingerprint density at radius 3 is 2.29 bits per heavy atom. The largest absolute Gasteiger partial charge is 0.480 e. The molecule has 0 spiro atoms. The zero-order valence-electron chi connectivity index (χ0n) is 16.8. The molecule has 154 valence electrons. The van der Waals surface area contributed by atoms with E-state index in [9.17, 15) is 19.2 Å². The fourth-order valence-electron chi connectivity index (χ4n) is 3.14. The van der Waals surface area contributed by atoms with Crippen LogP contribution in [0.2, 0.25) is 0 Å². The molecule has 2 atom stereocenters. The molecule has 2 amide bonds. The van der Waals surface area contributed by atoms with Crippen LogP contribution < -0.4 is 5.32 Å². The molecule has 28 heavy (non-hydrogen) atoms. The summed E-state index contributed by atoms with van der Waals surface area (Å²) in [6, 6.07) is 9.00. The monoisotopic (exact) mass is 390 g/mol. The number of carbonyl (C=O) groups is 4. The van der Waals surface area contributed by atoms with Gasteiger partial charge >= 0.3 is 5.97 Å². The van der Waals surface area contributed by atoms with E-state index in [1.807, 2.05) is 37.3 Å². The van der Waals surface area contributed by atoms with Crippen LogP contribution in [-0.2, 0) is 25.6 Å². The maximum Gasteiger partial charge on any atom is 0.322 e. The van der Waals surface area contributed by atoms with Gasteiger partial charge in [-0.05, 0) is 24.8 Å². The Hall–Kier alpha value is -2.70. The molecule has 0 heterocycles. The van der Waals surface area contributed by atoms with Gasteiger partial charge in [-0.15, -0.1) is 0 Å². The van der Waals surface area contributed by atoms with Gasteiger partial charge in [-0.2, -0.15) is 0 Å². The van der Waals surface area contributed by atoms with Crippen LogP contribution in [0, 0.1) is 5.92 Å². The van der Waals surface area contributed by atoms with E-state index in [0.29, 0.717) is 25.7 Å². The minimum Gasteiger partial charge on any atom is -0.480 e. The van der Waals surface area contributed by atoms with Gasteiger partial charge in [-0.1, -0.05) is 44.2 Å². The molecule has 7 nitrogen and oxygen atoms in total. The van der Waals surface area contributed by atoms with E-state index >= 15 is 0 Å². The number of nitrogens with zero attached hydrogens (tertiary/aromatic N) is 1. The normalized spacial score (nSPS) is 12.7. The van der Waals surface area contributed by atoms with E-state index in [1.165, 1.54) is 4.90 Å². The summed E-state index contributed by atoms with van der Waals surface area (Å²) in [4.78, 5) is 49.4. The number of carboxylic acids is 1. The molecule has 0 saturated heterocycles. The first-order chi connectivity index (χ1) is 13.3. The van der Waals surface area contributed by atoms with E-state index in [1.54, 1.807) is 14.0 Å². The number of ketones is 1. The minimum atomic E-state index is -1.14. The SMILES string of the molecule is CCC(=O)N(C)[C@H](CC)C(=O)C[C@H](CCc1ccccc1)C(=O)NCC(=O)O. The molecule has 7 heteroatoms. The van der Waals surface area contributed by atoms with Crippen LogP contribution in [0.25, 0.3) is 0 Å². The second kappa shape index (κ2) is 11.9. The Balaban J connectivity index is 2.86. The number of likely N-dealkylation sites (N-methyl/N-ethyl adjacent to an activating group) is 1. The van der Waals surface area contributed by atoms with E-state index in [0.717, 1.165) is 5.56 Å². The standard InChI is InChI=1S/C21H30N2O5/c1-4-17(23(3)19(25)5-2)18(24)13-16(21(28)22-14-20(26)27)12-11-15-9-7-6-8-10-15/h6-10,16-17H,4-5,11-14H2,1-3H3,(H,22,28)(H,26,27)/t16-,17+/m0/s1. The second-order valence-electron chi connectivity index (χ2n) is 6.79. The third-order valence-corrected chi connectivity index (χ3v) is 4.78. The van der Waals surface area contributed by atoms with Gasteiger partial charge in [0.05, 0.1) is 6.04 Å². The molecular weight excluding hydrogens is 360 g/mol. The zero-order chi connectivity index (χ0) is 21.1. The molecule has 0 aromatic heterocycles. The number of rotatable bonds is 12. The van der Waals surface area contributed by atoms with E-state index in [-0.39, 0.29) is 18.1 Å². The Morgan fingerprint density at radius 1 is 1.11 bits per heavy atom. The predicted molar refractivity (Wildman–Crippen MR) is 106 cm³/mol. The lowest BCUT2D eigenvalue weighted by atomic mass is 9.90. The van der Waals surface area contributed by atoms with Crippen LogP contribution in [0.4, 0.5) is 0 Å². The lowest BCUT2D eigenvalue weighted by Gasteiger charge is -2.27. The Kier molecular flexibility index (Phi) is 9.92. The van der Waals surface area contributed by atoms with Crippen molar-refractivity contribution in [2.45, 2.75) is 52.0 Å². The van der Waals surface area contributed by atoms with Crippen molar-refractivity contribution in [3.8, 4) is 0 Å². The van der Waals surface area contributed by atoms with Crippen LogP contribution in [-0.4, -0.2) is 53.2 Å². The van der Waals surface area contributed by atoms with Crippen molar-refractivity contribution in [2.75, 3.05) is 13.6 Å². The van der Waals surface area contributed by atoms with Crippen molar-refractivity contribution in [1.29, 1.82) is 0 Å². The Labute approximate surface area is 166 Å². The minimum absolute atomic E-state index is 0.0296. The molecule has 0 aliphatic carbocycles. The zero-order valence-corrected chi connectivity index (χ0v) is 16.8. The smallest absolute Gasteiger partial charge is 0.322 e. The Morgan fingerprint density at radius 2 is 1.75 bits per heavy atom. The van der Waals surface area contributed by atoms with Crippen molar-refractivity contribution in [3.63, 3.8) is 0 Å². The molecule has 0 aliphatic rings. The van der Waals surface area contributed by atoms with Crippen molar-refractivity contribution in [1.82, 2.24) is 10.2 Å². The molecule has 1 rings (SSSR count). The highest BCUT2D eigenvalue weighted by atomic mass is 16.4. The van der Waals surface area contributed by atoms with Crippen LogP contribution in [0.5, 0.6) is 0 Å². The first kappa shape index (κ1) is 23.3. The van der Waals surface area contributed by atoms with Gasteiger partial charge in [-0.25, -0.2) is 0 Å². The number of nitrogens with one attached hydrogen (secondary N) is 1. The summed E-state index contributed by atoms with van der Waals surface area (Å²) >= 11 is 0. The van der Waals surface area contributed by atoms with Gasteiger partial charge in [0.25, 0.3) is 0 Å². The topological polar surface area (TPSA) is 104 Å². The van der Waals surface area contributed by atoms with Crippen LogP contribution in [0.3, 0.4) is 0 Å². The van der Waals surface area contributed by atoms with Gasteiger partial charge in [0.2, 0.25) is 11.8 Å². The summed E-state index contributed by atoms with van der Waals surface area (Å²) in [5.41, 5.74) is 1.04. The fourth-order valence-corrected chi connectivity index (χ4v) is 3.14. The molecule has 0 aliphatic heterocycles. The summed E-state index contributed by atoms with van der Waals surface area (Å²) in [5.74, 6) is -2.55. The number of benzene rings is 1. The molecule has 1 aromatic carbocycles. The number of aliphatic carboxylic acids is 1. The first-order valence-electron chi connectivity index (χ1n) is 9.61. The molecule has 1 aromatic rings. The van der Waals surface area contributed by atoms with Crippen molar-refractivity contribution in [2.24, 2.45) is 5.92 Å². The summed E-state index contributed by atoms with van der Waals surface area (Å²) in [6.07, 6.45) is 1.75. The van der Waals surface area contributed by atoms with Crippen LogP contribution >= 0.6 is 0 Å². The maximum absolute atomic E-state index is 12.8. The van der Waals surface area contributed by atoms with Gasteiger partial charge < -0.3 is 15.3 Å². The summed E-state index contributed by atoms with van der Waals surface area (Å²) in [7, 11) is 1.60. The van der Waals surface area contributed by atoms with Crippen molar-refractivity contribution >= 4 is 23.6 Å². The van der Waals surface area contributed by atoms with E-state index < -0.39 is 30.4 Å². The third kappa shape index (κ3) is 7.50. The maximum atomic E-state index is 12.8. The molecule has 0 fully saturated rings. The highest BCUT2D eigenvalue weighted by Gasteiger charge is 2.29. The number of amides is 2. The predicted octanol–water partition coefficient (Wildman–Crippen LogP) is 2.04. The molecule has 0 unspecified atom stereocenters. The number of hydrogen-bond acceptors (Lipinski definition) is 4. The lowest BCUT2D eigenvalue weighted by molar-refractivity contribution is -0.140. The number of carboxylic acid groups (broad SMARTS) is 1. The lowest BCUT2D eigenvalue weighted by Crippen LogP contribution is -2.44. The highest BCUT2D eigenvalue weighted by molar-refractivity contribution is 5.92. The Bertz CT molecular complexity index is 675. The van der Waals surface area contributed by atoms with Crippen LogP contribution in [0.15, 0.2) is 30.3 Å². The van der Waals surface area contributed by atoms with E-state index in [2.05, 4.69) is 5.32 Å². The number of carbonyl (C=O) groups excluding carboxylic acids is 3. The first-order valence-corrected chi connectivity index (χ1v) is 9.61. The van der Waals surface area contributed by atoms with Crippen molar-refractivity contribution < 1.29 is 24.3 Å². The quantitative estimate of drug-likeness (QED) is 0.568. The van der Waals surface area contributed by atoms with Gasteiger partial charge in [0, 0.05) is 25.8 Å². The van der Waals surface area contributed by atoms with Crippen LogP contribution in [0.1, 0.15) is 45.1 Å². The number of Topliss-reactive ketones (excluding diaryl/α,β-unsaturated/α-hetero) is 1. The third-order valence-electron chi connectivity index (χ3n) is 4.78.